The molecule has 3 N–H and O–H groups in total. The van der Waals surface area contributed by atoms with Gasteiger partial charge in [-0.05, 0) is 30.7 Å². The number of benzene rings is 1. The maximum atomic E-state index is 12.8. The monoisotopic (exact) mass is 418 g/mol. The molecule has 0 spiro atoms. The van der Waals surface area contributed by atoms with E-state index in [1.165, 1.54) is 6.20 Å². The van der Waals surface area contributed by atoms with Gasteiger partial charge in [-0.15, -0.1) is 0 Å². The smallest absolute Gasteiger partial charge is 0.320 e. The highest BCUT2D eigenvalue weighted by Gasteiger charge is 2.30. The first-order chi connectivity index (χ1) is 13.8. The molecule has 29 heavy (non-hydrogen) atoms. The van der Waals surface area contributed by atoms with Gasteiger partial charge in [0.15, 0.2) is 5.13 Å². The molecular weight excluding hydrogens is 405 g/mol. The number of nitrogens with one attached hydrogen (secondary N) is 3. The topological polar surface area (TPSA) is 95.6 Å². The van der Waals surface area contributed by atoms with E-state index in [0.29, 0.717) is 10.6 Å². The number of H-pyrrole nitrogens is 1. The second kappa shape index (κ2) is 7.17. The average Bonchev–Trinajstić information content (AvgIpc) is 3.33. The van der Waals surface area contributed by atoms with E-state index in [4.69, 9.17) is 0 Å². The first kappa shape index (κ1) is 18.9. The Balaban J connectivity index is 1.52. The van der Waals surface area contributed by atoms with Crippen LogP contribution in [0.1, 0.15) is 20.8 Å². The second-order valence-electron chi connectivity index (χ2n) is 6.13. The highest BCUT2D eigenvalue weighted by molar-refractivity contribution is 7.17. The number of aryl methyl sites for hydroxylation is 1. The van der Waals surface area contributed by atoms with Crippen LogP contribution in [0.25, 0.3) is 10.9 Å². The van der Waals surface area contributed by atoms with Gasteiger partial charge in [-0.2, -0.15) is 18.3 Å². The van der Waals surface area contributed by atoms with E-state index in [9.17, 15) is 18.0 Å². The number of carbonyl (C=O) groups excluding carboxylic acids is 1. The molecular formula is C18H13F3N6OS. The number of hydrogen-bond acceptors (Lipinski definition) is 6. The van der Waals surface area contributed by atoms with Crippen molar-refractivity contribution in [3.05, 3.63) is 58.9 Å². The first-order valence-electron chi connectivity index (χ1n) is 8.31. The van der Waals surface area contributed by atoms with Gasteiger partial charge in [0.2, 0.25) is 0 Å². The molecule has 0 unspecified atom stereocenters. The van der Waals surface area contributed by atoms with Crippen molar-refractivity contribution < 1.29 is 18.0 Å². The van der Waals surface area contributed by atoms with E-state index in [1.807, 2.05) is 19.1 Å². The summed E-state index contributed by atoms with van der Waals surface area (Å²) in [7, 11) is 0. The van der Waals surface area contributed by atoms with Crippen LogP contribution >= 0.6 is 11.3 Å². The summed E-state index contributed by atoms with van der Waals surface area (Å²) in [6.45, 7) is 1.86. The summed E-state index contributed by atoms with van der Waals surface area (Å²) in [5, 5.41) is 13.4. The number of rotatable bonds is 4. The predicted molar refractivity (Wildman–Crippen MR) is 103 cm³/mol. The molecule has 11 heteroatoms. The molecule has 0 fully saturated rings. The van der Waals surface area contributed by atoms with Crippen LogP contribution in [0.4, 0.5) is 29.8 Å². The minimum atomic E-state index is -4.47. The van der Waals surface area contributed by atoms with Crippen LogP contribution < -0.4 is 10.6 Å². The molecule has 4 aromatic rings. The number of aromatic nitrogens is 4. The summed E-state index contributed by atoms with van der Waals surface area (Å²) in [5.74, 6) is -0.399. The summed E-state index contributed by atoms with van der Waals surface area (Å²) >= 11 is 1.00. The van der Waals surface area contributed by atoms with Gasteiger partial charge in [-0.3, -0.25) is 9.89 Å². The first-order valence-corrected chi connectivity index (χ1v) is 9.13. The lowest BCUT2D eigenvalue weighted by atomic mass is 10.1. The molecule has 1 amide bonds. The Morgan fingerprint density at radius 2 is 2.00 bits per heavy atom. The number of amides is 1. The van der Waals surface area contributed by atoms with E-state index in [2.05, 4.69) is 30.8 Å². The van der Waals surface area contributed by atoms with Gasteiger partial charge in [-0.25, -0.2) is 9.97 Å². The molecule has 7 nitrogen and oxygen atoms in total. The molecule has 0 bridgehead atoms. The third-order valence-corrected chi connectivity index (χ3v) is 5.03. The molecule has 3 heterocycles. The fourth-order valence-electron chi connectivity index (χ4n) is 2.69. The van der Waals surface area contributed by atoms with Gasteiger partial charge in [-0.1, -0.05) is 17.4 Å². The maximum absolute atomic E-state index is 12.8. The van der Waals surface area contributed by atoms with Crippen LogP contribution in [0.5, 0.6) is 0 Å². The number of fused-ring (bicyclic) bond motifs is 1. The van der Waals surface area contributed by atoms with Gasteiger partial charge in [0.05, 0.1) is 29.2 Å². The Morgan fingerprint density at radius 1 is 1.17 bits per heavy atom. The predicted octanol–water partition coefficient (Wildman–Crippen LogP) is 4.74. The SMILES string of the molecule is Cc1ccc2[nH]ncc2c1NC(=O)c1cnc(Nc2cc(C(F)(F)F)ccn2)s1. The number of nitrogens with zero attached hydrogens (tertiary/aromatic N) is 3. The van der Waals surface area contributed by atoms with Gasteiger partial charge >= 0.3 is 6.18 Å². The minimum absolute atomic E-state index is 0.0138. The third kappa shape index (κ3) is 3.90. The highest BCUT2D eigenvalue weighted by atomic mass is 32.1. The molecule has 0 saturated carbocycles. The fraction of sp³-hybridized carbons (Fsp3) is 0.111. The van der Waals surface area contributed by atoms with Crippen LogP contribution in [-0.4, -0.2) is 26.1 Å². The van der Waals surface area contributed by atoms with Crippen molar-refractivity contribution in [1.29, 1.82) is 0 Å². The third-order valence-electron chi connectivity index (χ3n) is 4.12. The van der Waals surface area contributed by atoms with Gasteiger partial charge in [0.1, 0.15) is 10.7 Å². The summed E-state index contributed by atoms with van der Waals surface area (Å²) in [6, 6.07) is 5.48. The van der Waals surface area contributed by atoms with Crippen LogP contribution in [0.15, 0.2) is 42.9 Å². The number of alkyl halides is 3. The van der Waals surface area contributed by atoms with Crippen molar-refractivity contribution in [2.75, 3.05) is 10.6 Å². The highest BCUT2D eigenvalue weighted by Crippen LogP contribution is 2.31. The Morgan fingerprint density at radius 3 is 2.79 bits per heavy atom. The second-order valence-corrected chi connectivity index (χ2v) is 7.16. The molecule has 0 radical (unpaired) electrons. The van der Waals surface area contributed by atoms with Crippen LogP contribution in [0.2, 0.25) is 0 Å². The lowest BCUT2D eigenvalue weighted by molar-refractivity contribution is -0.137. The number of pyridine rings is 1. The van der Waals surface area contributed by atoms with Gasteiger partial charge in [0.25, 0.3) is 5.91 Å². The Kier molecular flexibility index (Phi) is 4.66. The Labute approximate surface area is 166 Å². The quantitative estimate of drug-likeness (QED) is 0.445. The van der Waals surface area contributed by atoms with Crippen molar-refractivity contribution in [1.82, 2.24) is 20.2 Å². The normalized spacial score (nSPS) is 11.6. The molecule has 3 aromatic heterocycles. The van der Waals surface area contributed by atoms with Crippen molar-refractivity contribution in [2.24, 2.45) is 0 Å². The number of aromatic amines is 1. The van der Waals surface area contributed by atoms with Crippen molar-refractivity contribution in [3.63, 3.8) is 0 Å². The van der Waals surface area contributed by atoms with Crippen LogP contribution in [-0.2, 0) is 6.18 Å². The van der Waals surface area contributed by atoms with Crippen LogP contribution in [0, 0.1) is 6.92 Å². The summed E-state index contributed by atoms with van der Waals surface area (Å²) in [5.41, 5.74) is 1.45. The number of carbonyl (C=O) groups is 1. The molecule has 148 valence electrons. The molecule has 0 atom stereocenters. The molecule has 0 saturated heterocycles. The van der Waals surface area contributed by atoms with E-state index in [0.717, 1.165) is 46.1 Å². The molecule has 0 aliphatic heterocycles. The zero-order chi connectivity index (χ0) is 20.6. The van der Waals surface area contributed by atoms with E-state index >= 15 is 0 Å². The average molecular weight is 418 g/mol. The van der Waals surface area contributed by atoms with E-state index in [-0.39, 0.29) is 16.9 Å². The maximum Gasteiger partial charge on any atom is 0.416 e. The molecule has 4 rings (SSSR count). The zero-order valence-corrected chi connectivity index (χ0v) is 15.6. The fourth-order valence-corrected chi connectivity index (χ4v) is 3.41. The summed E-state index contributed by atoms with van der Waals surface area (Å²) < 4.78 is 38.4. The molecule has 0 aliphatic carbocycles. The largest absolute Gasteiger partial charge is 0.416 e. The Bertz CT molecular complexity index is 1200. The minimum Gasteiger partial charge on any atom is -0.320 e. The van der Waals surface area contributed by atoms with E-state index < -0.39 is 11.7 Å². The number of anilines is 3. The van der Waals surface area contributed by atoms with Crippen LogP contribution in [0.3, 0.4) is 0 Å². The van der Waals surface area contributed by atoms with E-state index in [1.54, 1.807) is 6.20 Å². The van der Waals surface area contributed by atoms with Gasteiger partial charge in [0, 0.05) is 11.6 Å². The number of halogens is 3. The lowest BCUT2D eigenvalue weighted by Crippen LogP contribution is -2.11. The van der Waals surface area contributed by atoms with Crippen molar-refractivity contribution in [3.8, 4) is 0 Å². The Hall–Kier alpha value is -3.47. The standard InChI is InChI=1S/C18H13F3N6OS/c1-9-2-3-12-11(7-24-27-12)15(9)26-16(28)13-8-23-17(29-13)25-14-6-10(4-5-22-14)18(19,20)21/h2-8H,1H3,(H,24,27)(H,26,28)(H,22,23,25). The molecule has 0 aliphatic rings. The van der Waals surface area contributed by atoms with Crippen molar-refractivity contribution >= 4 is 44.8 Å². The summed E-state index contributed by atoms with van der Waals surface area (Å²) in [6.07, 6.45) is -0.447. The number of hydrogen-bond donors (Lipinski definition) is 3. The zero-order valence-electron chi connectivity index (χ0n) is 14.8. The number of thiazole rings is 1. The van der Waals surface area contributed by atoms with Gasteiger partial charge < -0.3 is 10.6 Å². The lowest BCUT2D eigenvalue weighted by Gasteiger charge is -2.08. The molecule has 1 aromatic carbocycles. The summed E-state index contributed by atoms with van der Waals surface area (Å²) in [4.78, 5) is 20.8. The van der Waals surface area contributed by atoms with Crippen molar-refractivity contribution in [2.45, 2.75) is 13.1 Å².